The molecule has 1 aliphatic rings. The van der Waals surface area contributed by atoms with E-state index in [1.165, 1.54) is 10.2 Å². The number of aryl methyl sites for hydroxylation is 1. The van der Waals surface area contributed by atoms with Gasteiger partial charge in [-0.1, -0.05) is 48.5 Å². The summed E-state index contributed by atoms with van der Waals surface area (Å²) in [5.41, 5.74) is 2.20. The zero-order chi connectivity index (χ0) is 18.6. The fourth-order valence-corrected chi connectivity index (χ4v) is 3.97. The Morgan fingerprint density at radius 3 is 2.48 bits per heavy atom. The summed E-state index contributed by atoms with van der Waals surface area (Å²) in [6.07, 6.45) is 3.27. The van der Waals surface area contributed by atoms with E-state index < -0.39 is 0 Å². The summed E-state index contributed by atoms with van der Waals surface area (Å²) >= 11 is 0. The Morgan fingerprint density at radius 1 is 1.04 bits per heavy atom. The Hall–Kier alpha value is -2.66. The van der Waals surface area contributed by atoms with Gasteiger partial charge >= 0.3 is 5.69 Å². The van der Waals surface area contributed by atoms with Crippen LogP contribution >= 0.6 is 0 Å². The van der Waals surface area contributed by atoms with Crippen LogP contribution in [0.25, 0.3) is 5.69 Å². The van der Waals surface area contributed by atoms with E-state index in [4.69, 9.17) is 0 Å². The van der Waals surface area contributed by atoms with Crippen LogP contribution in [0, 0.1) is 0 Å². The lowest BCUT2D eigenvalue weighted by molar-refractivity contribution is 0.205. The van der Waals surface area contributed by atoms with Gasteiger partial charge in [0, 0.05) is 26.1 Å². The molecule has 0 amide bonds. The van der Waals surface area contributed by atoms with Crippen LogP contribution in [0.1, 0.15) is 30.1 Å². The van der Waals surface area contributed by atoms with Crippen molar-refractivity contribution in [1.82, 2.24) is 19.2 Å². The lowest BCUT2D eigenvalue weighted by atomic mass is 9.96. The summed E-state index contributed by atoms with van der Waals surface area (Å²) in [6, 6.07) is 20.5. The molecule has 0 N–H and O–H groups in total. The summed E-state index contributed by atoms with van der Waals surface area (Å²) < 4.78 is 3.25. The lowest BCUT2D eigenvalue weighted by Gasteiger charge is -2.32. The maximum Gasteiger partial charge on any atom is 0.350 e. The molecule has 3 aromatic rings. The van der Waals surface area contributed by atoms with E-state index in [0.29, 0.717) is 0 Å². The average molecular weight is 362 g/mol. The highest BCUT2D eigenvalue weighted by atomic mass is 16.2. The maximum atomic E-state index is 12.7. The third kappa shape index (κ3) is 3.88. The van der Waals surface area contributed by atoms with Crippen LogP contribution in [0.3, 0.4) is 0 Å². The summed E-state index contributed by atoms with van der Waals surface area (Å²) in [6.45, 7) is 3.12. The molecule has 0 radical (unpaired) electrons. The second kappa shape index (κ2) is 7.92. The van der Waals surface area contributed by atoms with Crippen LogP contribution in [0.2, 0.25) is 0 Å². The number of rotatable bonds is 5. The van der Waals surface area contributed by atoms with Crippen molar-refractivity contribution in [3.8, 4) is 5.69 Å². The lowest BCUT2D eigenvalue weighted by Crippen LogP contribution is -2.37. The first-order valence-electron chi connectivity index (χ1n) is 9.70. The monoisotopic (exact) mass is 362 g/mol. The van der Waals surface area contributed by atoms with Crippen molar-refractivity contribution in [1.29, 1.82) is 0 Å². The third-order valence-corrected chi connectivity index (χ3v) is 5.39. The smallest absolute Gasteiger partial charge is 0.302 e. The second-order valence-electron chi connectivity index (χ2n) is 7.31. The minimum atomic E-state index is -0.0717. The van der Waals surface area contributed by atoms with Crippen LogP contribution in [-0.4, -0.2) is 38.9 Å². The molecule has 0 unspecified atom stereocenters. The average Bonchev–Trinajstić information content (AvgIpc) is 3.03. The van der Waals surface area contributed by atoms with Crippen molar-refractivity contribution in [2.45, 2.75) is 25.2 Å². The van der Waals surface area contributed by atoms with Crippen LogP contribution in [0.4, 0.5) is 0 Å². The molecular weight excluding hydrogens is 336 g/mol. The van der Waals surface area contributed by atoms with Crippen LogP contribution in [-0.2, 0) is 13.5 Å². The number of hydrogen-bond acceptors (Lipinski definition) is 3. The predicted octanol–water partition coefficient (Wildman–Crippen LogP) is 2.99. The Labute approximate surface area is 159 Å². The minimum absolute atomic E-state index is 0.0717. The fraction of sp³-hybridized carbons (Fsp3) is 0.364. The zero-order valence-electron chi connectivity index (χ0n) is 15.8. The Kier molecular flexibility index (Phi) is 5.21. The molecule has 1 aromatic heterocycles. The van der Waals surface area contributed by atoms with E-state index in [1.807, 2.05) is 30.3 Å². The molecule has 5 heteroatoms. The third-order valence-electron chi connectivity index (χ3n) is 5.39. The number of benzene rings is 2. The Balaban J connectivity index is 1.53. The topological polar surface area (TPSA) is 43.1 Å². The number of aromatic nitrogens is 3. The van der Waals surface area contributed by atoms with Crippen molar-refractivity contribution in [2.24, 2.45) is 7.05 Å². The summed E-state index contributed by atoms with van der Waals surface area (Å²) in [5.74, 6) is 1.17. The van der Waals surface area contributed by atoms with Gasteiger partial charge in [0.2, 0.25) is 0 Å². The fourth-order valence-electron chi connectivity index (χ4n) is 3.97. The zero-order valence-corrected chi connectivity index (χ0v) is 15.8. The van der Waals surface area contributed by atoms with Gasteiger partial charge in [-0.25, -0.2) is 14.0 Å². The second-order valence-corrected chi connectivity index (χ2v) is 7.31. The highest BCUT2D eigenvalue weighted by Crippen LogP contribution is 2.26. The van der Waals surface area contributed by atoms with Crippen LogP contribution in [0.5, 0.6) is 0 Å². The number of hydrogen-bond donors (Lipinski definition) is 0. The number of para-hydroxylation sites is 1. The number of piperidine rings is 1. The SMILES string of the molecule is Cn1nc([C@H]2CCCN(CCc3ccccc3)C2)n(-c2ccccc2)c1=O. The van der Waals surface area contributed by atoms with E-state index in [2.05, 4.69) is 40.3 Å². The van der Waals surface area contributed by atoms with Crippen molar-refractivity contribution >= 4 is 0 Å². The van der Waals surface area contributed by atoms with Gasteiger partial charge in [0.1, 0.15) is 5.82 Å². The van der Waals surface area contributed by atoms with Gasteiger partial charge in [-0.05, 0) is 43.5 Å². The highest BCUT2D eigenvalue weighted by molar-refractivity contribution is 5.33. The van der Waals surface area contributed by atoms with Gasteiger partial charge in [0.05, 0.1) is 5.69 Å². The minimum Gasteiger partial charge on any atom is -0.302 e. The molecule has 0 aliphatic carbocycles. The summed E-state index contributed by atoms with van der Waals surface area (Å²) in [7, 11) is 1.74. The first-order valence-corrected chi connectivity index (χ1v) is 9.70. The first-order chi connectivity index (χ1) is 13.2. The van der Waals surface area contributed by atoms with Crippen LogP contribution in [0.15, 0.2) is 65.5 Å². The predicted molar refractivity (Wildman–Crippen MR) is 107 cm³/mol. The molecule has 5 nitrogen and oxygen atoms in total. The van der Waals surface area contributed by atoms with E-state index in [-0.39, 0.29) is 11.6 Å². The first kappa shape index (κ1) is 17.7. The molecule has 1 atom stereocenters. The normalized spacial score (nSPS) is 17.9. The molecule has 0 bridgehead atoms. The van der Waals surface area contributed by atoms with E-state index in [9.17, 15) is 4.79 Å². The van der Waals surface area contributed by atoms with Crippen molar-refractivity contribution in [3.05, 3.63) is 82.5 Å². The maximum absolute atomic E-state index is 12.7. The number of nitrogens with zero attached hydrogens (tertiary/aromatic N) is 4. The van der Waals surface area contributed by atoms with Gasteiger partial charge in [-0.2, -0.15) is 5.10 Å². The quantitative estimate of drug-likeness (QED) is 0.701. The standard InChI is InChI=1S/C22H26N4O/c1-24-22(27)26(20-12-6-3-7-13-20)21(23-24)19-11-8-15-25(17-19)16-14-18-9-4-2-5-10-18/h2-7,9-10,12-13,19H,8,11,14-17H2,1H3/t19-/m0/s1. The van der Waals surface area contributed by atoms with Gasteiger partial charge in [0.15, 0.2) is 0 Å². The summed E-state index contributed by atoms with van der Waals surface area (Å²) in [5, 5.41) is 4.60. The molecule has 1 fully saturated rings. The molecule has 1 aliphatic heterocycles. The molecule has 2 aromatic carbocycles. The van der Waals surface area contributed by atoms with E-state index in [1.54, 1.807) is 11.6 Å². The largest absolute Gasteiger partial charge is 0.350 e. The molecule has 140 valence electrons. The highest BCUT2D eigenvalue weighted by Gasteiger charge is 2.27. The molecule has 2 heterocycles. The molecule has 0 spiro atoms. The van der Waals surface area contributed by atoms with Gasteiger partial charge in [0.25, 0.3) is 0 Å². The van der Waals surface area contributed by atoms with Crippen LogP contribution < -0.4 is 5.69 Å². The number of likely N-dealkylation sites (tertiary alicyclic amines) is 1. The molecular formula is C22H26N4O. The van der Waals surface area contributed by atoms with Crippen molar-refractivity contribution in [2.75, 3.05) is 19.6 Å². The van der Waals surface area contributed by atoms with Gasteiger partial charge < -0.3 is 4.90 Å². The Morgan fingerprint density at radius 2 is 1.74 bits per heavy atom. The van der Waals surface area contributed by atoms with E-state index in [0.717, 1.165) is 50.4 Å². The summed E-state index contributed by atoms with van der Waals surface area (Å²) in [4.78, 5) is 15.2. The van der Waals surface area contributed by atoms with Crippen molar-refractivity contribution in [3.63, 3.8) is 0 Å². The van der Waals surface area contributed by atoms with Crippen molar-refractivity contribution < 1.29 is 0 Å². The Bertz CT molecular complexity index is 930. The van der Waals surface area contributed by atoms with Gasteiger partial charge in [-0.3, -0.25) is 0 Å². The molecule has 27 heavy (non-hydrogen) atoms. The molecule has 1 saturated heterocycles. The van der Waals surface area contributed by atoms with E-state index >= 15 is 0 Å². The molecule has 0 saturated carbocycles. The molecule has 4 rings (SSSR count). The van der Waals surface area contributed by atoms with Gasteiger partial charge in [-0.15, -0.1) is 0 Å².